The summed E-state index contributed by atoms with van der Waals surface area (Å²) in [6, 6.07) is 2.57. The number of aryl methyl sites for hydroxylation is 1. The molecule has 2 aliphatic rings. The summed E-state index contributed by atoms with van der Waals surface area (Å²) >= 11 is 0. The molecule has 3 rings (SSSR count). The standard InChI is InChI=1S/C19H27N5O5/c1-2-15-14(19(29)20-7-8-25)9-13-10-23(11-18(28)24(13)15)17(27)6-4-12-3-5-16(26)22-21-12/h3,5,13-15,25H,2,4,6-11H2,1H3,(H,20,29)(H,22,26)/t13-,14-,15-/m0/s1. The average molecular weight is 405 g/mol. The molecule has 1 aromatic heterocycles. The van der Waals surface area contributed by atoms with Crippen LogP contribution in [0.5, 0.6) is 0 Å². The minimum atomic E-state index is -0.333. The lowest BCUT2D eigenvalue weighted by Gasteiger charge is -2.39. The number of carbonyl (C=O) groups is 3. The maximum absolute atomic E-state index is 12.8. The van der Waals surface area contributed by atoms with Crippen LogP contribution in [0.4, 0.5) is 0 Å². The summed E-state index contributed by atoms with van der Waals surface area (Å²) in [6.45, 7) is 2.42. The van der Waals surface area contributed by atoms with Gasteiger partial charge < -0.3 is 20.2 Å². The van der Waals surface area contributed by atoms with E-state index in [-0.39, 0.29) is 67.4 Å². The molecule has 0 aromatic carbocycles. The van der Waals surface area contributed by atoms with Crippen molar-refractivity contribution < 1.29 is 19.5 Å². The van der Waals surface area contributed by atoms with Gasteiger partial charge in [-0.1, -0.05) is 6.92 Å². The average Bonchev–Trinajstić information content (AvgIpc) is 3.10. The summed E-state index contributed by atoms with van der Waals surface area (Å²) in [4.78, 5) is 52.2. The Bertz CT molecular complexity index is 805. The van der Waals surface area contributed by atoms with Crippen LogP contribution >= 0.6 is 0 Å². The number of aromatic amines is 1. The quantitative estimate of drug-likeness (QED) is 0.513. The van der Waals surface area contributed by atoms with Crippen LogP contribution in [-0.4, -0.2) is 81.2 Å². The number of hydrogen-bond acceptors (Lipinski definition) is 6. The zero-order chi connectivity index (χ0) is 21.0. The van der Waals surface area contributed by atoms with Gasteiger partial charge in [0.1, 0.15) is 0 Å². The van der Waals surface area contributed by atoms with E-state index in [9.17, 15) is 19.2 Å². The lowest BCUT2D eigenvalue weighted by Crippen LogP contribution is -2.57. The normalized spacial score (nSPS) is 23.8. The van der Waals surface area contributed by atoms with Crippen LogP contribution in [0.25, 0.3) is 0 Å². The van der Waals surface area contributed by atoms with Crippen LogP contribution in [0.2, 0.25) is 0 Å². The van der Waals surface area contributed by atoms with E-state index in [1.165, 1.54) is 6.07 Å². The van der Waals surface area contributed by atoms with Crippen LogP contribution < -0.4 is 10.9 Å². The molecule has 2 aliphatic heterocycles. The van der Waals surface area contributed by atoms with Gasteiger partial charge in [-0.3, -0.25) is 19.2 Å². The number of aliphatic hydroxyl groups excluding tert-OH is 1. The fraction of sp³-hybridized carbons (Fsp3) is 0.632. The van der Waals surface area contributed by atoms with Crippen LogP contribution in [0.15, 0.2) is 16.9 Å². The molecule has 10 heteroatoms. The highest BCUT2D eigenvalue weighted by Crippen LogP contribution is 2.35. The lowest BCUT2D eigenvalue weighted by atomic mass is 9.96. The third-order valence-corrected chi connectivity index (χ3v) is 5.64. The van der Waals surface area contributed by atoms with Gasteiger partial charge in [-0.15, -0.1) is 0 Å². The molecule has 0 radical (unpaired) electrons. The highest BCUT2D eigenvalue weighted by Gasteiger charge is 2.49. The Morgan fingerprint density at radius 3 is 2.79 bits per heavy atom. The van der Waals surface area contributed by atoms with Crippen molar-refractivity contribution in [3.8, 4) is 0 Å². The van der Waals surface area contributed by atoms with Crippen molar-refractivity contribution in [1.82, 2.24) is 25.3 Å². The number of piperazine rings is 1. The van der Waals surface area contributed by atoms with Crippen molar-refractivity contribution in [2.75, 3.05) is 26.2 Å². The van der Waals surface area contributed by atoms with Gasteiger partial charge in [-0.2, -0.15) is 5.10 Å². The Kier molecular flexibility index (Phi) is 6.63. The minimum Gasteiger partial charge on any atom is -0.395 e. The highest BCUT2D eigenvalue weighted by molar-refractivity contribution is 5.88. The fourth-order valence-corrected chi connectivity index (χ4v) is 4.31. The predicted molar refractivity (Wildman–Crippen MR) is 103 cm³/mol. The second kappa shape index (κ2) is 9.17. The number of H-pyrrole nitrogens is 1. The van der Waals surface area contributed by atoms with E-state index in [0.29, 0.717) is 31.5 Å². The second-order valence-corrected chi connectivity index (χ2v) is 7.47. The van der Waals surface area contributed by atoms with E-state index in [2.05, 4.69) is 15.5 Å². The smallest absolute Gasteiger partial charge is 0.264 e. The van der Waals surface area contributed by atoms with Crippen molar-refractivity contribution in [3.63, 3.8) is 0 Å². The number of aliphatic hydroxyl groups is 1. The van der Waals surface area contributed by atoms with Gasteiger partial charge in [-0.05, 0) is 18.9 Å². The van der Waals surface area contributed by atoms with Gasteiger partial charge in [0.05, 0.1) is 30.8 Å². The van der Waals surface area contributed by atoms with E-state index >= 15 is 0 Å². The van der Waals surface area contributed by atoms with Crippen molar-refractivity contribution >= 4 is 17.7 Å². The van der Waals surface area contributed by atoms with Crippen molar-refractivity contribution in [2.45, 2.75) is 44.7 Å². The van der Waals surface area contributed by atoms with Crippen molar-refractivity contribution in [1.29, 1.82) is 0 Å². The summed E-state index contributed by atoms with van der Waals surface area (Å²) in [7, 11) is 0. The zero-order valence-electron chi connectivity index (χ0n) is 16.5. The molecule has 0 spiro atoms. The van der Waals surface area contributed by atoms with E-state index in [1.54, 1.807) is 15.9 Å². The first kappa shape index (κ1) is 21.0. The maximum Gasteiger partial charge on any atom is 0.264 e. The Labute approximate surface area is 168 Å². The molecule has 29 heavy (non-hydrogen) atoms. The minimum absolute atomic E-state index is 0.00979. The molecule has 158 valence electrons. The second-order valence-electron chi connectivity index (χ2n) is 7.47. The van der Waals surface area contributed by atoms with Gasteiger partial charge in [0.15, 0.2) is 0 Å². The number of aromatic nitrogens is 2. The Morgan fingerprint density at radius 1 is 1.34 bits per heavy atom. The topological polar surface area (TPSA) is 136 Å². The van der Waals surface area contributed by atoms with Gasteiger partial charge in [0, 0.05) is 38.0 Å². The molecule has 10 nitrogen and oxygen atoms in total. The Balaban J connectivity index is 1.62. The first-order valence-electron chi connectivity index (χ1n) is 9.96. The molecule has 3 atom stereocenters. The molecule has 0 saturated carbocycles. The molecule has 2 saturated heterocycles. The number of hydrogen-bond donors (Lipinski definition) is 3. The first-order chi connectivity index (χ1) is 13.9. The van der Waals surface area contributed by atoms with Crippen molar-refractivity contribution in [2.24, 2.45) is 5.92 Å². The van der Waals surface area contributed by atoms with E-state index in [1.807, 2.05) is 6.92 Å². The largest absolute Gasteiger partial charge is 0.395 e. The molecule has 0 bridgehead atoms. The zero-order valence-corrected chi connectivity index (χ0v) is 16.5. The van der Waals surface area contributed by atoms with Crippen LogP contribution in [0.1, 0.15) is 31.9 Å². The Morgan fingerprint density at radius 2 is 2.14 bits per heavy atom. The molecule has 0 unspecified atom stereocenters. The first-order valence-corrected chi connectivity index (χ1v) is 9.96. The van der Waals surface area contributed by atoms with Crippen LogP contribution in [-0.2, 0) is 20.8 Å². The van der Waals surface area contributed by atoms with Crippen molar-refractivity contribution in [3.05, 3.63) is 28.2 Å². The van der Waals surface area contributed by atoms with Gasteiger partial charge in [-0.25, -0.2) is 5.10 Å². The molecule has 3 heterocycles. The number of carbonyl (C=O) groups excluding carboxylic acids is 3. The van der Waals surface area contributed by atoms with E-state index < -0.39 is 0 Å². The van der Waals surface area contributed by atoms with Crippen LogP contribution in [0, 0.1) is 5.92 Å². The molecule has 3 amide bonds. The number of fused-ring (bicyclic) bond motifs is 1. The van der Waals surface area contributed by atoms with E-state index in [0.717, 1.165) is 0 Å². The highest BCUT2D eigenvalue weighted by atomic mass is 16.3. The third kappa shape index (κ3) is 4.64. The van der Waals surface area contributed by atoms with Gasteiger partial charge in [0.25, 0.3) is 5.56 Å². The maximum atomic E-state index is 12.8. The summed E-state index contributed by atoms with van der Waals surface area (Å²) in [5.74, 6) is -0.774. The number of rotatable bonds is 7. The molecule has 2 fully saturated rings. The number of nitrogens with zero attached hydrogens (tertiary/aromatic N) is 3. The van der Waals surface area contributed by atoms with E-state index in [4.69, 9.17) is 5.11 Å². The molecule has 0 aliphatic carbocycles. The monoisotopic (exact) mass is 405 g/mol. The third-order valence-electron chi connectivity index (χ3n) is 5.64. The summed E-state index contributed by atoms with van der Waals surface area (Å²) in [6.07, 6.45) is 1.73. The lowest BCUT2D eigenvalue weighted by molar-refractivity contribution is -0.149. The number of amides is 3. The number of nitrogens with one attached hydrogen (secondary N) is 2. The SMILES string of the molecule is CC[C@H]1[C@@H](C(=O)NCCO)C[C@H]2CN(C(=O)CCc3ccc(=O)[nH]n3)CC(=O)N21. The molecular weight excluding hydrogens is 378 g/mol. The summed E-state index contributed by atoms with van der Waals surface area (Å²) < 4.78 is 0. The molecule has 1 aromatic rings. The molecular formula is C19H27N5O5. The summed E-state index contributed by atoms with van der Waals surface area (Å²) in [5.41, 5.74) is 0.307. The molecule has 3 N–H and O–H groups in total. The van der Waals surface area contributed by atoms with Gasteiger partial charge >= 0.3 is 0 Å². The van der Waals surface area contributed by atoms with Gasteiger partial charge in [0.2, 0.25) is 17.7 Å². The van der Waals surface area contributed by atoms with Crippen LogP contribution in [0.3, 0.4) is 0 Å². The fourth-order valence-electron chi connectivity index (χ4n) is 4.31. The summed E-state index contributed by atoms with van der Waals surface area (Å²) in [5, 5.41) is 17.9. The Hall–Kier alpha value is -2.75. The predicted octanol–water partition coefficient (Wildman–Crippen LogP) is -1.35.